The molecule has 13 nitrogen and oxygen atoms in total. The van der Waals surface area contributed by atoms with Gasteiger partial charge in [-0.1, -0.05) is 167 Å². The van der Waals surface area contributed by atoms with Crippen LogP contribution in [0.25, 0.3) is 0 Å². The molecule has 0 aliphatic heterocycles. The van der Waals surface area contributed by atoms with E-state index in [1.807, 2.05) is 6.08 Å². The lowest BCUT2D eigenvalue weighted by atomic mass is 10.0. The fourth-order valence-corrected chi connectivity index (χ4v) is 7.22. The fraction of sp³-hybridized carbons (Fsp3) is 0.886. The molecule has 58 heavy (non-hydrogen) atoms. The summed E-state index contributed by atoms with van der Waals surface area (Å²) in [4.78, 5) is 46.0. The lowest BCUT2D eigenvalue weighted by Gasteiger charge is -2.20. The number of aliphatic hydroxyl groups is 2. The van der Waals surface area contributed by atoms with Crippen molar-refractivity contribution in [2.24, 2.45) is 5.73 Å². The standard InChI is InChI=1S/C44H84NO12P/c1-3-5-7-9-11-12-13-14-15-16-17-18-19-20-21-25-30-34-43(49)57-38(36-55-58(52,53)56-37-39(45)44(50)51)35-54-42(48)33-29-26-22-24-28-32-41(47)40(46)31-27-23-10-8-6-4-2/h23,27,38-41,46-47H,3-22,24-26,28-37,45H2,1-2H3,(H,50,51)(H,52,53)/b27-23-/t38-,39+,40-,41-/m1/s1. The van der Waals surface area contributed by atoms with E-state index in [2.05, 4.69) is 24.4 Å². The van der Waals surface area contributed by atoms with E-state index in [0.717, 1.165) is 57.8 Å². The second-order valence-corrected chi connectivity index (χ2v) is 17.3. The van der Waals surface area contributed by atoms with Gasteiger partial charge in [0.2, 0.25) is 0 Å². The van der Waals surface area contributed by atoms with Crippen LogP contribution < -0.4 is 5.73 Å². The van der Waals surface area contributed by atoms with Crippen molar-refractivity contribution in [3.63, 3.8) is 0 Å². The Balaban J connectivity index is 4.42. The summed E-state index contributed by atoms with van der Waals surface area (Å²) in [5.41, 5.74) is 5.33. The van der Waals surface area contributed by atoms with Gasteiger partial charge in [-0.25, -0.2) is 4.57 Å². The van der Waals surface area contributed by atoms with Gasteiger partial charge < -0.3 is 35.4 Å². The van der Waals surface area contributed by atoms with E-state index in [4.69, 9.17) is 24.8 Å². The van der Waals surface area contributed by atoms with Gasteiger partial charge in [-0.3, -0.25) is 23.4 Å². The van der Waals surface area contributed by atoms with Crippen molar-refractivity contribution < 1.29 is 57.7 Å². The SMILES string of the molecule is CCCCC/C=C\C[C@@H](O)[C@H](O)CCCCCCCC(=O)OC[C@H](COP(=O)(O)OC[C@H](N)C(=O)O)OC(=O)CCCCCCCCCCCCCCCCCCC. The number of unbranched alkanes of at least 4 members (excludes halogenated alkanes) is 23. The summed E-state index contributed by atoms with van der Waals surface area (Å²) in [5, 5.41) is 29.3. The van der Waals surface area contributed by atoms with Gasteiger partial charge in [0.25, 0.3) is 0 Å². The summed E-state index contributed by atoms with van der Waals surface area (Å²) in [6, 6.07) is -1.54. The number of aliphatic hydroxyl groups excluding tert-OH is 2. The number of carboxylic acid groups (broad SMARTS) is 1. The highest BCUT2D eigenvalue weighted by molar-refractivity contribution is 7.47. The van der Waals surface area contributed by atoms with Crippen LogP contribution in [0.4, 0.5) is 0 Å². The Morgan fingerprint density at radius 3 is 1.55 bits per heavy atom. The minimum Gasteiger partial charge on any atom is -0.480 e. The predicted octanol–water partition coefficient (Wildman–Crippen LogP) is 10.0. The van der Waals surface area contributed by atoms with Crippen molar-refractivity contribution in [1.82, 2.24) is 0 Å². The van der Waals surface area contributed by atoms with E-state index in [1.165, 1.54) is 96.3 Å². The van der Waals surface area contributed by atoms with Crippen LogP contribution in [0, 0.1) is 0 Å². The van der Waals surface area contributed by atoms with Gasteiger partial charge >= 0.3 is 25.7 Å². The van der Waals surface area contributed by atoms with Crippen LogP contribution in [0.5, 0.6) is 0 Å². The molecule has 0 rings (SSSR count). The maximum atomic E-state index is 12.6. The summed E-state index contributed by atoms with van der Waals surface area (Å²) in [6.45, 7) is 2.61. The molecule has 0 amide bonds. The number of carbonyl (C=O) groups is 3. The van der Waals surface area contributed by atoms with Crippen LogP contribution in [-0.2, 0) is 37.5 Å². The first-order chi connectivity index (χ1) is 27.9. The number of aliphatic carboxylic acids is 1. The Bertz CT molecular complexity index is 1080. The van der Waals surface area contributed by atoms with E-state index in [9.17, 15) is 34.1 Å². The third-order valence-corrected chi connectivity index (χ3v) is 11.2. The minimum atomic E-state index is -4.75. The Hall–Kier alpha value is -1.86. The van der Waals surface area contributed by atoms with Crippen molar-refractivity contribution in [1.29, 1.82) is 0 Å². The smallest absolute Gasteiger partial charge is 0.472 e. The fourth-order valence-electron chi connectivity index (χ4n) is 6.44. The van der Waals surface area contributed by atoms with Crippen molar-refractivity contribution in [2.75, 3.05) is 19.8 Å². The monoisotopic (exact) mass is 850 g/mol. The average Bonchev–Trinajstić information content (AvgIpc) is 3.19. The first kappa shape index (κ1) is 56.1. The van der Waals surface area contributed by atoms with Gasteiger partial charge in [0.05, 0.1) is 25.4 Å². The molecule has 0 spiro atoms. The molecular weight excluding hydrogens is 765 g/mol. The number of esters is 2. The van der Waals surface area contributed by atoms with E-state index in [-0.39, 0.29) is 12.8 Å². The third-order valence-electron chi connectivity index (χ3n) is 10.2. The van der Waals surface area contributed by atoms with Crippen LogP contribution >= 0.6 is 7.82 Å². The summed E-state index contributed by atoms with van der Waals surface area (Å²) in [6.07, 6.45) is 31.5. The highest BCUT2D eigenvalue weighted by atomic mass is 31.2. The van der Waals surface area contributed by atoms with Gasteiger partial charge in [0.15, 0.2) is 6.10 Å². The number of hydrogen-bond donors (Lipinski definition) is 5. The molecule has 0 aromatic carbocycles. The number of carboxylic acids is 1. The van der Waals surface area contributed by atoms with E-state index < -0.39 is 69.9 Å². The molecule has 0 fully saturated rings. The highest BCUT2D eigenvalue weighted by Crippen LogP contribution is 2.43. The van der Waals surface area contributed by atoms with Crippen LogP contribution in [0.15, 0.2) is 12.2 Å². The molecule has 0 aliphatic carbocycles. The van der Waals surface area contributed by atoms with Crippen LogP contribution in [0.2, 0.25) is 0 Å². The highest BCUT2D eigenvalue weighted by Gasteiger charge is 2.28. The molecule has 0 radical (unpaired) electrons. The molecule has 6 N–H and O–H groups in total. The zero-order chi connectivity index (χ0) is 43.1. The van der Waals surface area contributed by atoms with E-state index >= 15 is 0 Å². The molecule has 0 saturated carbocycles. The molecule has 5 atom stereocenters. The van der Waals surface area contributed by atoms with Crippen molar-refractivity contribution in [3.05, 3.63) is 12.2 Å². The topological polar surface area (TPSA) is 212 Å². The summed E-state index contributed by atoms with van der Waals surface area (Å²) in [5.74, 6) is -2.50. The van der Waals surface area contributed by atoms with Gasteiger partial charge in [-0.05, 0) is 38.5 Å². The van der Waals surface area contributed by atoms with Crippen molar-refractivity contribution in [3.8, 4) is 0 Å². The molecule has 0 heterocycles. The average molecular weight is 850 g/mol. The van der Waals surface area contributed by atoms with Gasteiger partial charge in [-0.15, -0.1) is 0 Å². The van der Waals surface area contributed by atoms with Crippen LogP contribution in [0.3, 0.4) is 0 Å². The summed E-state index contributed by atoms with van der Waals surface area (Å²) >= 11 is 0. The number of phosphoric ester groups is 1. The molecule has 14 heteroatoms. The van der Waals surface area contributed by atoms with Gasteiger partial charge in [0.1, 0.15) is 12.6 Å². The van der Waals surface area contributed by atoms with Crippen molar-refractivity contribution >= 4 is 25.7 Å². The van der Waals surface area contributed by atoms with Crippen molar-refractivity contribution in [2.45, 2.75) is 231 Å². The first-order valence-electron chi connectivity index (χ1n) is 22.9. The molecule has 0 aromatic rings. The van der Waals surface area contributed by atoms with Crippen LogP contribution in [0.1, 0.15) is 206 Å². The Morgan fingerprint density at radius 2 is 1.03 bits per heavy atom. The largest absolute Gasteiger partial charge is 0.480 e. The first-order valence-corrected chi connectivity index (χ1v) is 24.4. The summed E-state index contributed by atoms with van der Waals surface area (Å²) in [7, 11) is -4.75. The van der Waals surface area contributed by atoms with E-state index in [1.54, 1.807) is 0 Å². The maximum Gasteiger partial charge on any atom is 0.472 e. The number of carbonyl (C=O) groups excluding carboxylic acids is 2. The number of phosphoric acid groups is 1. The molecular formula is C44H84NO12P. The predicted molar refractivity (Wildman–Crippen MR) is 229 cm³/mol. The number of allylic oxidation sites excluding steroid dienone is 1. The molecule has 0 bridgehead atoms. The molecule has 0 saturated heterocycles. The minimum absolute atomic E-state index is 0.126. The second-order valence-electron chi connectivity index (χ2n) is 15.9. The maximum absolute atomic E-state index is 12.6. The second kappa shape index (κ2) is 39.3. The number of nitrogens with two attached hydrogens (primary N) is 1. The third kappa shape index (κ3) is 37.2. The van der Waals surface area contributed by atoms with Gasteiger partial charge in [0, 0.05) is 12.8 Å². The molecule has 1 unspecified atom stereocenters. The normalized spacial score (nSPS) is 14.9. The molecule has 0 aliphatic rings. The Kier molecular flexibility index (Phi) is 38.0. The lowest BCUT2D eigenvalue weighted by Crippen LogP contribution is -2.34. The lowest BCUT2D eigenvalue weighted by molar-refractivity contribution is -0.161. The number of ether oxygens (including phenoxy) is 2. The Morgan fingerprint density at radius 1 is 0.586 bits per heavy atom. The number of rotatable bonds is 43. The zero-order valence-electron chi connectivity index (χ0n) is 36.4. The molecule has 342 valence electrons. The summed E-state index contributed by atoms with van der Waals surface area (Å²) < 4.78 is 32.6. The number of hydrogen-bond acceptors (Lipinski definition) is 11. The molecule has 0 aromatic heterocycles. The zero-order valence-corrected chi connectivity index (χ0v) is 37.3. The van der Waals surface area contributed by atoms with Crippen LogP contribution in [-0.4, -0.2) is 82.3 Å². The van der Waals surface area contributed by atoms with E-state index in [0.29, 0.717) is 25.7 Å². The van der Waals surface area contributed by atoms with Gasteiger partial charge in [-0.2, -0.15) is 0 Å². The Labute approximate surface area is 351 Å². The quantitative estimate of drug-likeness (QED) is 0.0167.